The molecule has 0 bridgehead atoms. The lowest BCUT2D eigenvalue weighted by atomic mass is 9.95. The van der Waals surface area contributed by atoms with E-state index in [1.165, 1.54) is 7.11 Å². The molecule has 1 atom stereocenters. The summed E-state index contributed by atoms with van der Waals surface area (Å²) < 4.78 is 16.7. The number of nitrogens with one attached hydrogen (secondary N) is 2. The van der Waals surface area contributed by atoms with Crippen LogP contribution in [0.3, 0.4) is 0 Å². The van der Waals surface area contributed by atoms with Gasteiger partial charge in [-0.2, -0.15) is 0 Å². The number of thiocarbonyl (C=S) groups is 1. The van der Waals surface area contributed by atoms with E-state index in [1.807, 2.05) is 12.1 Å². The molecule has 0 radical (unpaired) electrons. The number of allylic oxidation sites excluding steroid dienone is 1. The standard InChI is InChI=1S/C22H22Cl2N2O4S/c1-4-29-21(27)18-12(2)25-22(31)26-19(18)14-9-16(24)20(17(10-14)28-3)30-11-13-5-7-15(23)8-6-13/h5-10,19H,4,11H2,1-3H3,(H2,25,26,31)/t19-/m1/s1. The maximum atomic E-state index is 12.6. The van der Waals surface area contributed by atoms with Gasteiger partial charge in [0.05, 0.1) is 30.4 Å². The number of hydrogen-bond acceptors (Lipinski definition) is 5. The summed E-state index contributed by atoms with van der Waals surface area (Å²) >= 11 is 17.8. The van der Waals surface area contributed by atoms with Gasteiger partial charge in [-0.15, -0.1) is 0 Å². The van der Waals surface area contributed by atoms with Crippen molar-refractivity contribution in [3.63, 3.8) is 0 Å². The molecule has 0 unspecified atom stereocenters. The third-order valence-corrected chi connectivity index (χ3v) is 5.40. The first-order valence-electron chi connectivity index (χ1n) is 9.54. The van der Waals surface area contributed by atoms with E-state index >= 15 is 0 Å². The zero-order chi connectivity index (χ0) is 22.5. The molecule has 0 saturated carbocycles. The molecule has 9 heteroatoms. The van der Waals surface area contributed by atoms with Gasteiger partial charge < -0.3 is 24.8 Å². The van der Waals surface area contributed by atoms with Crippen LogP contribution in [-0.2, 0) is 16.1 Å². The van der Waals surface area contributed by atoms with Gasteiger partial charge in [0.2, 0.25) is 0 Å². The molecule has 2 N–H and O–H groups in total. The number of carbonyl (C=O) groups is 1. The summed E-state index contributed by atoms with van der Waals surface area (Å²) in [5.41, 5.74) is 2.65. The van der Waals surface area contributed by atoms with Crippen LogP contribution >= 0.6 is 35.4 Å². The number of hydrogen-bond donors (Lipinski definition) is 2. The van der Waals surface area contributed by atoms with E-state index in [0.717, 1.165) is 5.56 Å². The molecule has 6 nitrogen and oxygen atoms in total. The highest BCUT2D eigenvalue weighted by atomic mass is 35.5. The van der Waals surface area contributed by atoms with Crippen molar-refractivity contribution in [2.75, 3.05) is 13.7 Å². The predicted octanol–water partition coefficient (Wildman–Crippen LogP) is 4.94. The smallest absolute Gasteiger partial charge is 0.338 e. The lowest BCUT2D eigenvalue weighted by Crippen LogP contribution is -2.45. The first-order valence-corrected chi connectivity index (χ1v) is 10.7. The van der Waals surface area contributed by atoms with Gasteiger partial charge in [0.15, 0.2) is 16.6 Å². The van der Waals surface area contributed by atoms with E-state index < -0.39 is 12.0 Å². The van der Waals surface area contributed by atoms with Crippen LogP contribution in [-0.4, -0.2) is 24.8 Å². The van der Waals surface area contributed by atoms with Crippen molar-refractivity contribution in [1.29, 1.82) is 0 Å². The minimum absolute atomic E-state index is 0.258. The normalized spacial score (nSPS) is 15.8. The van der Waals surface area contributed by atoms with Crippen LogP contribution in [0.2, 0.25) is 10.0 Å². The quantitative estimate of drug-likeness (QED) is 0.429. The summed E-state index contributed by atoms with van der Waals surface area (Å²) in [5.74, 6) is 0.395. The van der Waals surface area contributed by atoms with E-state index in [2.05, 4.69) is 10.6 Å². The average Bonchev–Trinajstić information content (AvgIpc) is 2.73. The van der Waals surface area contributed by atoms with Crippen LogP contribution in [0, 0.1) is 0 Å². The SMILES string of the molecule is CCOC(=O)C1=C(C)NC(=S)N[C@@H]1c1cc(Cl)c(OCc2ccc(Cl)cc2)c(OC)c1. The van der Waals surface area contributed by atoms with Crippen LogP contribution in [0.5, 0.6) is 11.5 Å². The third kappa shape index (κ3) is 5.42. The second kappa shape index (κ2) is 10.2. The number of halogens is 2. The molecule has 1 heterocycles. The molecular weight excluding hydrogens is 459 g/mol. The fourth-order valence-electron chi connectivity index (χ4n) is 3.21. The lowest BCUT2D eigenvalue weighted by molar-refractivity contribution is -0.139. The van der Waals surface area contributed by atoms with Crippen molar-refractivity contribution in [1.82, 2.24) is 10.6 Å². The molecule has 2 aromatic carbocycles. The highest BCUT2D eigenvalue weighted by Gasteiger charge is 2.32. The van der Waals surface area contributed by atoms with Crippen molar-refractivity contribution in [3.05, 3.63) is 68.8 Å². The molecule has 164 valence electrons. The number of carbonyl (C=O) groups excluding carboxylic acids is 1. The molecule has 0 amide bonds. The first kappa shape index (κ1) is 23.2. The Bertz CT molecular complexity index is 1020. The number of ether oxygens (including phenoxy) is 3. The van der Waals surface area contributed by atoms with Gasteiger partial charge in [-0.25, -0.2) is 4.79 Å². The summed E-state index contributed by atoms with van der Waals surface area (Å²) in [6.07, 6.45) is 0. The van der Waals surface area contributed by atoms with Crippen LogP contribution in [0.15, 0.2) is 47.7 Å². The molecule has 3 rings (SSSR count). The molecule has 1 aliphatic heterocycles. The number of esters is 1. The van der Waals surface area contributed by atoms with Gasteiger partial charge in [-0.1, -0.05) is 35.3 Å². The fourth-order valence-corrected chi connectivity index (χ4v) is 3.88. The lowest BCUT2D eigenvalue weighted by Gasteiger charge is -2.30. The summed E-state index contributed by atoms with van der Waals surface area (Å²) in [7, 11) is 1.53. The van der Waals surface area contributed by atoms with Crippen molar-refractivity contribution in [3.8, 4) is 11.5 Å². The minimum Gasteiger partial charge on any atom is -0.493 e. The van der Waals surface area contributed by atoms with Gasteiger partial charge >= 0.3 is 5.97 Å². The fraction of sp³-hybridized carbons (Fsp3) is 0.273. The summed E-state index contributed by atoms with van der Waals surface area (Å²) in [4.78, 5) is 12.6. The maximum absolute atomic E-state index is 12.6. The summed E-state index contributed by atoms with van der Waals surface area (Å²) in [5, 5.41) is 7.46. The molecule has 0 aliphatic carbocycles. The van der Waals surface area contributed by atoms with E-state index in [1.54, 1.807) is 38.1 Å². The van der Waals surface area contributed by atoms with Gasteiger partial charge in [-0.3, -0.25) is 0 Å². The molecule has 0 saturated heterocycles. The van der Waals surface area contributed by atoms with Crippen molar-refractivity contribution >= 4 is 46.5 Å². The Hall–Kier alpha value is -2.48. The number of methoxy groups -OCH3 is 1. The zero-order valence-corrected chi connectivity index (χ0v) is 19.6. The van der Waals surface area contributed by atoms with Crippen molar-refractivity contribution in [2.45, 2.75) is 26.5 Å². The maximum Gasteiger partial charge on any atom is 0.338 e. The molecule has 2 aromatic rings. The second-order valence-electron chi connectivity index (χ2n) is 6.74. The molecule has 0 spiro atoms. The highest BCUT2D eigenvalue weighted by molar-refractivity contribution is 7.80. The molecule has 0 aromatic heterocycles. The van der Waals surface area contributed by atoms with Crippen LogP contribution in [0.25, 0.3) is 0 Å². The van der Waals surface area contributed by atoms with Crippen molar-refractivity contribution in [2.24, 2.45) is 0 Å². The van der Waals surface area contributed by atoms with E-state index in [4.69, 9.17) is 49.6 Å². The number of benzene rings is 2. The Morgan fingerprint density at radius 1 is 1.19 bits per heavy atom. The molecule has 31 heavy (non-hydrogen) atoms. The Morgan fingerprint density at radius 3 is 2.55 bits per heavy atom. The highest BCUT2D eigenvalue weighted by Crippen LogP contribution is 2.40. The van der Waals surface area contributed by atoms with Crippen LogP contribution in [0.4, 0.5) is 0 Å². The van der Waals surface area contributed by atoms with E-state index in [9.17, 15) is 4.79 Å². The van der Waals surface area contributed by atoms with Gasteiger partial charge in [-0.05, 0) is 61.5 Å². The predicted molar refractivity (Wildman–Crippen MR) is 125 cm³/mol. The Balaban J connectivity index is 1.93. The Labute approximate surface area is 196 Å². The Kier molecular flexibility index (Phi) is 7.64. The third-order valence-electron chi connectivity index (χ3n) is 4.65. The molecule has 0 fully saturated rings. The summed E-state index contributed by atoms with van der Waals surface area (Å²) in [6.45, 7) is 4.07. The van der Waals surface area contributed by atoms with Crippen LogP contribution < -0.4 is 20.1 Å². The second-order valence-corrected chi connectivity index (χ2v) is 7.99. The summed E-state index contributed by atoms with van der Waals surface area (Å²) in [6, 6.07) is 10.3. The van der Waals surface area contributed by atoms with Gasteiger partial charge in [0.1, 0.15) is 6.61 Å². The average molecular weight is 481 g/mol. The van der Waals surface area contributed by atoms with Crippen molar-refractivity contribution < 1.29 is 19.0 Å². The largest absolute Gasteiger partial charge is 0.493 e. The van der Waals surface area contributed by atoms with Gasteiger partial charge in [0.25, 0.3) is 0 Å². The van der Waals surface area contributed by atoms with E-state index in [0.29, 0.717) is 43.5 Å². The topological polar surface area (TPSA) is 68.8 Å². The molecule has 1 aliphatic rings. The first-order chi connectivity index (χ1) is 14.8. The van der Waals surface area contributed by atoms with Gasteiger partial charge in [0, 0.05) is 10.7 Å². The molecular formula is C22H22Cl2N2O4S. The minimum atomic E-state index is -0.551. The van der Waals surface area contributed by atoms with E-state index in [-0.39, 0.29) is 13.2 Å². The van der Waals surface area contributed by atoms with Crippen LogP contribution in [0.1, 0.15) is 31.0 Å². The Morgan fingerprint density at radius 2 is 1.90 bits per heavy atom. The zero-order valence-electron chi connectivity index (χ0n) is 17.3. The number of rotatable bonds is 7. The monoisotopic (exact) mass is 480 g/mol.